The molecule has 80 valence electrons. The van der Waals surface area contributed by atoms with E-state index in [0.717, 1.165) is 5.56 Å². The van der Waals surface area contributed by atoms with Crippen LogP contribution in [-0.2, 0) is 16.0 Å². The largest absolute Gasteiger partial charge is 0.467 e. The summed E-state index contributed by atoms with van der Waals surface area (Å²) >= 11 is 0. The molecule has 1 aliphatic rings. The smallest absolute Gasteiger partial charge is 0.334 e. The van der Waals surface area contributed by atoms with E-state index in [2.05, 4.69) is 4.74 Å². The summed E-state index contributed by atoms with van der Waals surface area (Å²) in [7, 11) is 1.18. The normalized spacial score (nSPS) is 22.4. The molecule has 0 bridgehead atoms. The summed E-state index contributed by atoms with van der Waals surface area (Å²) in [6, 6.07) is 8.66. The minimum absolute atomic E-state index is 0.102. The molecule has 0 amide bonds. The second-order valence-corrected chi connectivity index (χ2v) is 3.67. The Bertz CT molecular complexity index is 515. The van der Waals surface area contributed by atoms with E-state index in [4.69, 9.17) is 5.26 Å². The van der Waals surface area contributed by atoms with Gasteiger partial charge in [-0.15, -0.1) is 0 Å². The van der Waals surface area contributed by atoms with Crippen LogP contribution in [0.15, 0.2) is 24.3 Å². The molecule has 0 heterocycles. The van der Waals surface area contributed by atoms with Crippen LogP contribution in [0, 0.1) is 16.7 Å². The van der Waals surface area contributed by atoms with Gasteiger partial charge in [0, 0.05) is 12.0 Å². The van der Waals surface area contributed by atoms with Crippen molar-refractivity contribution in [2.24, 2.45) is 5.41 Å². The average Bonchev–Trinajstić information content (AvgIpc) is 2.63. The third kappa shape index (κ3) is 1.15. The molecular weight excluding hydrogens is 206 g/mol. The predicted molar refractivity (Wildman–Crippen MR) is 54.5 cm³/mol. The Hall–Kier alpha value is -2.15. The average molecular weight is 215 g/mol. The van der Waals surface area contributed by atoms with Gasteiger partial charge in [0.1, 0.15) is 0 Å². The van der Waals surface area contributed by atoms with E-state index in [1.165, 1.54) is 7.11 Å². The minimum atomic E-state index is -1.68. The van der Waals surface area contributed by atoms with Crippen LogP contribution in [0.1, 0.15) is 15.9 Å². The lowest BCUT2D eigenvalue weighted by Gasteiger charge is -2.14. The van der Waals surface area contributed by atoms with Gasteiger partial charge in [0.2, 0.25) is 5.41 Å². The number of carbonyl (C=O) groups excluding carboxylic acids is 2. The molecule has 16 heavy (non-hydrogen) atoms. The molecular formula is C12H9NO3. The lowest BCUT2D eigenvalue weighted by atomic mass is 9.85. The molecule has 2 rings (SSSR count). The lowest BCUT2D eigenvalue weighted by Crippen LogP contribution is -2.36. The number of ether oxygens (including phenoxy) is 1. The number of methoxy groups -OCH3 is 1. The summed E-state index contributed by atoms with van der Waals surface area (Å²) in [5.41, 5.74) is -0.521. The predicted octanol–water partition coefficient (Wildman–Crippen LogP) is 1.11. The van der Waals surface area contributed by atoms with Crippen molar-refractivity contribution in [1.29, 1.82) is 5.26 Å². The maximum Gasteiger partial charge on any atom is 0.334 e. The molecule has 4 heteroatoms. The van der Waals surface area contributed by atoms with Crippen molar-refractivity contribution in [2.45, 2.75) is 6.42 Å². The highest BCUT2D eigenvalue weighted by Crippen LogP contribution is 2.37. The van der Waals surface area contributed by atoms with Crippen LogP contribution in [0.25, 0.3) is 0 Å². The number of carbonyl (C=O) groups is 2. The number of rotatable bonds is 1. The van der Waals surface area contributed by atoms with Gasteiger partial charge in [0.15, 0.2) is 5.78 Å². The van der Waals surface area contributed by atoms with Crippen molar-refractivity contribution >= 4 is 11.8 Å². The summed E-state index contributed by atoms with van der Waals surface area (Å²) in [5, 5.41) is 9.09. The van der Waals surface area contributed by atoms with Crippen molar-refractivity contribution in [3.8, 4) is 6.07 Å². The Kier molecular flexibility index (Phi) is 2.24. The van der Waals surface area contributed by atoms with Crippen LogP contribution in [-0.4, -0.2) is 18.9 Å². The van der Waals surface area contributed by atoms with Crippen LogP contribution in [0.3, 0.4) is 0 Å². The van der Waals surface area contributed by atoms with Crippen LogP contribution < -0.4 is 0 Å². The molecule has 0 aromatic heterocycles. The molecule has 0 fully saturated rings. The van der Waals surface area contributed by atoms with Gasteiger partial charge in [0.25, 0.3) is 0 Å². The number of hydrogen-bond donors (Lipinski definition) is 0. The first kappa shape index (κ1) is 10.4. The van der Waals surface area contributed by atoms with E-state index in [1.54, 1.807) is 30.3 Å². The molecule has 1 atom stereocenters. The maximum atomic E-state index is 12.0. The Morgan fingerprint density at radius 1 is 1.50 bits per heavy atom. The Labute approximate surface area is 92.4 Å². The molecule has 1 aliphatic carbocycles. The number of benzene rings is 1. The standard InChI is InChI=1S/C12H9NO3/c1-16-11(15)12(7-13)6-8-4-2-3-5-9(8)10(12)14/h2-5H,6H2,1H3/t12-/m0/s1. The summed E-state index contributed by atoms with van der Waals surface area (Å²) < 4.78 is 4.55. The Morgan fingerprint density at radius 3 is 2.75 bits per heavy atom. The summed E-state index contributed by atoms with van der Waals surface area (Å²) in [6.07, 6.45) is 0.102. The van der Waals surface area contributed by atoms with E-state index in [-0.39, 0.29) is 6.42 Å². The molecule has 1 aromatic rings. The quantitative estimate of drug-likeness (QED) is 0.519. The highest BCUT2D eigenvalue weighted by Gasteiger charge is 2.53. The molecule has 0 saturated heterocycles. The fourth-order valence-corrected chi connectivity index (χ4v) is 1.97. The minimum Gasteiger partial charge on any atom is -0.467 e. The van der Waals surface area contributed by atoms with E-state index < -0.39 is 17.2 Å². The van der Waals surface area contributed by atoms with Crippen molar-refractivity contribution in [1.82, 2.24) is 0 Å². The monoisotopic (exact) mass is 215 g/mol. The summed E-state index contributed by atoms with van der Waals surface area (Å²) in [4.78, 5) is 23.6. The molecule has 0 N–H and O–H groups in total. The fourth-order valence-electron chi connectivity index (χ4n) is 1.97. The van der Waals surface area contributed by atoms with Gasteiger partial charge in [-0.05, 0) is 5.56 Å². The van der Waals surface area contributed by atoms with Gasteiger partial charge in [0.05, 0.1) is 13.2 Å². The highest BCUT2D eigenvalue weighted by molar-refractivity contribution is 6.18. The number of nitriles is 1. The lowest BCUT2D eigenvalue weighted by molar-refractivity contribution is -0.146. The van der Waals surface area contributed by atoms with Gasteiger partial charge >= 0.3 is 5.97 Å². The number of ketones is 1. The van der Waals surface area contributed by atoms with Gasteiger partial charge in [-0.25, -0.2) is 4.79 Å². The molecule has 4 nitrogen and oxygen atoms in total. The van der Waals surface area contributed by atoms with Crippen LogP contribution in [0.5, 0.6) is 0 Å². The van der Waals surface area contributed by atoms with E-state index in [1.807, 2.05) is 0 Å². The number of nitrogens with zero attached hydrogens (tertiary/aromatic N) is 1. The molecule has 0 radical (unpaired) electrons. The SMILES string of the molecule is COC(=O)[C@]1(C#N)Cc2ccccc2C1=O. The van der Waals surface area contributed by atoms with Crippen molar-refractivity contribution in [3.63, 3.8) is 0 Å². The zero-order valence-corrected chi connectivity index (χ0v) is 8.69. The third-order valence-corrected chi connectivity index (χ3v) is 2.83. The number of Topliss-reactive ketones (excluding diaryl/α,β-unsaturated/α-hetero) is 1. The second kappa shape index (κ2) is 3.46. The third-order valence-electron chi connectivity index (χ3n) is 2.83. The Morgan fingerprint density at radius 2 is 2.19 bits per heavy atom. The molecule has 1 aromatic carbocycles. The van der Waals surface area contributed by atoms with Gasteiger partial charge in [-0.3, -0.25) is 4.79 Å². The maximum absolute atomic E-state index is 12.0. The van der Waals surface area contributed by atoms with Gasteiger partial charge in [-0.1, -0.05) is 24.3 Å². The van der Waals surface area contributed by atoms with Crippen molar-refractivity contribution in [3.05, 3.63) is 35.4 Å². The Balaban J connectivity index is 2.55. The number of esters is 1. The van der Waals surface area contributed by atoms with E-state index in [0.29, 0.717) is 5.56 Å². The first-order valence-electron chi connectivity index (χ1n) is 4.78. The second-order valence-electron chi connectivity index (χ2n) is 3.67. The van der Waals surface area contributed by atoms with Gasteiger partial charge < -0.3 is 4.74 Å². The molecule has 0 spiro atoms. The van der Waals surface area contributed by atoms with Crippen molar-refractivity contribution < 1.29 is 14.3 Å². The number of hydrogen-bond acceptors (Lipinski definition) is 4. The topological polar surface area (TPSA) is 67.2 Å². The number of fused-ring (bicyclic) bond motifs is 1. The summed E-state index contributed by atoms with van der Waals surface area (Å²) in [6.45, 7) is 0. The van der Waals surface area contributed by atoms with Crippen LogP contribution in [0.2, 0.25) is 0 Å². The zero-order valence-electron chi connectivity index (χ0n) is 8.69. The zero-order chi connectivity index (χ0) is 11.8. The van der Waals surface area contributed by atoms with Crippen LogP contribution in [0.4, 0.5) is 0 Å². The first-order chi connectivity index (χ1) is 7.65. The molecule has 0 unspecified atom stereocenters. The molecule has 0 aliphatic heterocycles. The first-order valence-corrected chi connectivity index (χ1v) is 4.78. The van der Waals surface area contributed by atoms with E-state index in [9.17, 15) is 9.59 Å². The fraction of sp³-hybridized carbons (Fsp3) is 0.250. The van der Waals surface area contributed by atoms with Gasteiger partial charge in [-0.2, -0.15) is 5.26 Å². The molecule has 0 saturated carbocycles. The van der Waals surface area contributed by atoms with Crippen molar-refractivity contribution in [2.75, 3.05) is 7.11 Å². The van der Waals surface area contributed by atoms with Crippen LogP contribution >= 0.6 is 0 Å². The summed E-state index contributed by atoms with van der Waals surface area (Å²) in [5.74, 6) is -1.24. The highest BCUT2D eigenvalue weighted by atomic mass is 16.5. The van der Waals surface area contributed by atoms with E-state index >= 15 is 0 Å².